The first-order chi connectivity index (χ1) is 5.12. The summed E-state index contributed by atoms with van der Waals surface area (Å²) in [6.07, 6.45) is 5.00. The highest BCUT2D eigenvalue weighted by Gasteiger charge is 2.61. The van der Waals surface area contributed by atoms with E-state index in [2.05, 4.69) is 31.9 Å². The zero-order chi connectivity index (χ0) is 8.06. The Kier molecular flexibility index (Phi) is 2.10. The van der Waals surface area contributed by atoms with Crippen molar-refractivity contribution in [3.8, 4) is 0 Å². The largest absolute Gasteiger partial charge is 0.328 e. The molecule has 2 N–H and O–H groups in total. The lowest BCUT2D eigenvalue weighted by Gasteiger charge is -2.09. The molecule has 11 heavy (non-hydrogen) atoms. The first-order valence-electron chi connectivity index (χ1n) is 4.25. The molecule has 0 aliphatic heterocycles. The van der Waals surface area contributed by atoms with E-state index in [4.69, 9.17) is 5.73 Å². The SMILES string of the molecule is NC1CCC2C(CC1)C2(Br)Br. The quantitative estimate of drug-likeness (QED) is 0.679. The Morgan fingerprint density at radius 2 is 1.45 bits per heavy atom. The van der Waals surface area contributed by atoms with Crippen molar-refractivity contribution >= 4 is 31.9 Å². The van der Waals surface area contributed by atoms with E-state index in [-0.39, 0.29) is 0 Å². The first kappa shape index (κ1) is 8.52. The van der Waals surface area contributed by atoms with E-state index in [9.17, 15) is 0 Å². The van der Waals surface area contributed by atoms with Crippen LogP contribution in [0.4, 0.5) is 0 Å². The van der Waals surface area contributed by atoms with Crippen LogP contribution in [0.5, 0.6) is 0 Å². The third-order valence-corrected chi connectivity index (χ3v) is 5.41. The fourth-order valence-corrected chi connectivity index (χ4v) is 4.11. The average molecular weight is 283 g/mol. The van der Waals surface area contributed by atoms with Gasteiger partial charge in [0, 0.05) is 6.04 Å². The number of alkyl halides is 2. The topological polar surface area (TPSA) is 26.0 Å². The number of hydrogen-bond donors (Lipinski definition) is 1. The molecule has 0 saturated heterocycles. The predicted octanol–water partition coefficient (Wildman–Crippen LogP) is 2.62. The Bertz CT molecular complexity index is 153. The van der Waals surface area contributed by atoms with Gasteiger partial charge in [-0.2, -0.15) is 0 Å². The molecular weight excluding hydrogens is 270 g/mol. The number of hydrogen-bond acceptors (Lipinski definition) is 1. The molecule has 0 bridgehead atoms. The Morgan fingerprint density at radius 1 is 1.00 bits per heavy atom. The maximum Gasteiger partial charge on any atom is 0.0868 e. The van der Waals surface area contributed by atoms with Gasteiger partial charge in [0.2, 0.25) is 0 Å². The zero-order valence-electron chi connectivity index (χ0n) is 6.39. The van der Waals surface area contributed by atoms with Gasteiger partial charge in [-0.3, -0.25) is 0 Å². The molecule has 0 amide bonds. The van der Waals surface area contributed by atoms with Crippen molar-refractivity contribution in [1.82, 2.24) is 0 Å². The molecule has 64 valence electrons. The third-order valence-electron chi connectivity index (χ3n) is 3.06. The van der Waals surface area contributed by atoms with Crippen LogP contribution in [0, 0.1) is 11.8 Å². The molecule has 2 fully saturated rings. The highest BCUT2D eigenvalue weighted by Crippen LogP contribution is 2.66. The van der Waals surface area contributed by atoms with Crippen molar-refractivity contribution in [3.05, 3.63) is 0 Å². The molecule has 3 heteroatoms. The van der Waals surface area contributed by atoms with Crippen molar-refractivity contribution in [2.45, 2.75) is 35.0 Å². The number of fused-ring (bicyclic) bond motifs is 1. The molecule has 0 radical (unpaired) electrons. The smallest absolute Gasteiger partial charge is 0.0868 e. The maximum atomic E-state index is 5.88. The van der Waals surface area contributed by atoms with Crippen LogP contribution >= 0.6 is 31.9 Å². The molecule has 0 aromatic rings. The summed E-state index contributed by atoms with van der Waals surface area (Å²) < 4.78 is 0.292. The molecule has 0 aromatic carbocycles. The maximum absolute atomic E-state index is 5.88. The highest BCUT2D eigenvalue weighted by molar-refractivity contribution is 9.25. The van der Waals surface area contributed by atoms with Gasteiger partial charge in [0.05, 0.1) is 3.23 Å². The van der Waals surface area contributed by atoms with Gasteiger partial charge in [-0.25, -0.2) is 0 Å². The van der Waals surface area contributed by atoms with Gasteiger partial charge in [0.25, 0.3) is 0 Å². The number of rotatable bonds is 0. The van der Waals surface area contributed by atoms with Crippen LogP contribution in [0.15, 0.2) is 0 Å². The Balaban J connectivity index is 1.98. The molecule has 0 aromatic heterocycles. The zero-order valence-corrected chi connectivity index (χ0v) is 9.57. The second-order valence-corrected chi connectivity index (χ2v) is 7.49. The molecule has 0 spiro atoms. The van der Waals surface area contributed by atoms with Crippen LogP contribution in [-0.2, 0) is 0 Å². The van der Waals surface area contributed by atoms with Gasteiger partial charge in [-0.05, 0) is 37.5 Å². The average Bonchev–Trinajstić information content (AvgIpc) is 2.51. The molecule has 2 aliphatic carbocycles. The van der Waals surface area contributed by atoms with E-state index in [1.54, 1.807) is 0 Å². The molecule has 2 unspecified atom stereocenters. The van der Waals surface area contributed by atoms with Crippen LogP contribution in [-0.4, -0.2) is 9.28 Å². The van der Waals surface area contributed by atoms with Gasteiger partial charge in [0.15, 0.2) is 0 Å². The van der Waals surface area contributed by atoms with Crippen LogP contribution in [0.2, 0.25) is 0 Å². The summed E-state index contributed by atoms with van der Waals surface area (Å²) in [5.41, 5.74) is 5.88. The van der Waals surface area contributed by atoms with Crippen molar-refractivity contribution in [2.75, 3.05) is 0 Å². The van der Waals surface area contributed by atoms with E-state index >= 15 is 0 Å². The van der Waals surface area contributed by atoms with Crippen molar-refractivity contribution in [2.24, 2.45) is 17.6 Å². The van der Waals surface area contributed by atoms with Crippen molar-refractivity contribution < 1.29 is 0 Å². The lowest BCUT2D eigenvalue weighted by atomic mass is 10.1. The summed E-state index contributed by atoms with van der Waals surface area (Å²) in [5, 5.41) is 0. The molecule has 1 nitrogen and oxygen atoms in total. The van der Waals surface area contributed by atoms with Crippen LogP contribution in [0.3, 0.4) is 0 Å². The second-order valence-electron chi connectivity index (χ2n) is 3.80. The number of halogens is 2. The van der Waals surface area contributed by atoms with E-state index in [0.717, 1.165) is 11.8 Å². The fraction of sp³-hybridized carbons (Fsp3) is 1.00. The Hall–Kier alpha value is 0.920. The normalized spacial score (nSPS) is 47.7. The monoisotopic (exact) mass is 281 g/mol. The minimum absolute atomic E-state index is 0.292. The van der Waals surface area contributed by atoms with Gasteiger partial charge in [0.1, 0.15) is 0 Å². The van der Waals surface area contributed by atoms with E-state index in [0.29, 0.717) is 9.28 Å². The van der Waals surface area contributed by atoms with E-state index < -0.39 is 0 Å². The second kappa shape index (κ2) is 2.71. The summed E-state index contributed by atoms with van der Waals surface area (Å²) in [7, 11) is 0. The summed E-state index contributed by atoms with van der Waals surface area (Å²) in [4.78, 5) is 0. The standard InChI is InChI=1S/C8H13Br2N/c9-8(10)6-3-1-5(11)2-4-7(6)8/h5-7H,1-4,11H2. The first-order valence-corrected chi connectivity index (χ1v) is 5.84. The lowest BCUT2D eigenvalue weighted by molar-refractivity contribution is 0.549. The molecule has 2 aliphatic rings. The van der Waals surface area contributed by atoms with E-state index in [1.807, 2.05) is 0 Å². The van der Waals surface area contributed by atoms with Crippen LogP contribution in [0.25, 0.3) is 0 Å². The minimum Gasteiger partial charge on any atom is -0.328 e. The summed E-state index contributed by atoms with van der Waals surface area (Å²) >= 11 is 7.42. The van der Waals surface area contributed by atoms with Gasteiger partial charge >= 0.3 is 0 Å². The Morgan fingerprint density at radius 3 is 1.91 bits per heavy atom. The summed E-state index contributed by atoms with van der Waals surface area (Å²) in [6, 6.07) is 0.471. The third kappa shape index (κ3) is 1.40. The van der Waals surface area contributed by atoms with E-state index in [1.165, 1.54) is 25.7 Å². The fourth-order valence-electron chi connectivity index (χ4n) is 2.18. The van der Waals surface area contributed by atoms with Crippen LogP contribution in [0.1, 0.15) is 25.7 Å². The van der Waals surface area contributed by atoms with Gasteiger partial charge in [-0.15, -0.1) is 0 Å². The van der Waals surface area contributed by atoms with Crippen molar-refractivity contribution in [1.29, 1.82) is 0 Å². The highest BCUT2D eigenvalue weighted by atomic mass is 79.9. The minimum atomic E-state index is 0.292. The number of nitrogens with two attached hydrogens (primary N) is 1. The molecular formula is C8H13Br2N. The summed E-state index contributed by atoms with van der Waals surface area (Å²) in [5.74, 6) is 1.69. The predicted molar refractivity (Wildman–Crippen MR) is 54.0 cm³/mol. The molecule has 0 heterocycles. The van der Waals surface area contributed by atoms with Crippen molar-refractivity contribution in [3.63, 3.8) is 0 Å². The summed E-state index contributed by atoms with van der Waals surface area (Å²) in [6.45, 7) is 0. The molecule has 2 rings (SSSR count). The molecule has 2 saturated carbocycles. The van der Waals surface area contributed by atoms with Gasteiger partial charge in [-0.1, -0.05) is 31.9 Å². The Labute approximate surface area is 84.4 Å². The molecule has 2 atom stereocenters. The van der Waals surface area contributed by atoms with Crippen LogP contribution < -0.4 is 5.73 Å². The lowest BCUT2D eigenvalue weighted by Crippen LogP contribution is -2.19. The van der Waals surface area contributed by atoms with Gasteiger partial charge < -0.3 is 5.73 Å².